The van der Waals surface area contributed by atoms with Gasteiger partial charge in [0.05, 0.1) is 35.5 Å². The Bertz CT molecular complexity index is 1420. The van der Waals surface area contributed by atoms with Crippen molar-refractivity contribution < 1.29 is 32.3 Å². The lowest BCUT2D eigenvalue weighted by molar-refractivity contribution is -0.137. The molecule has 1 saturated heterocycles. The molecule has 0 bridgehead atoms. The van der Waals surface area contributed by atoms with E-state index in [1.54, 1.807) is 24.1 Å². The number of aryl methyl sites for hydroxylation is 1. The molecular formula is C25H23F3N6O4. The van der Waals surface area contributed by atoms with Gasteiger partial charge in [0, 0.05) is 38.0 Å². The van der Waals surface area contributed by atoms with Gasteiger partial charge < -0.3 is 19.3 Å². The van der Waals surface area contributed by atoms with E-state index in [0.717, 1.165) is 17.7 Å². The predicted octanol–water partition coefficient (Wildman–Crippen LogP) is 3.27. The maximum Gasteiger partial charge on any atom is 0.417 e. The Balaban J connectivity index is 1.25. The molecule has 4 heterocycles. The molecule has 1 amide bonds. The number of ether oxygens (including phenoxy) is 1. The molecule has 1 aliphatic heterocycles. The van der Waals surface area contributed by atoms with Gasteiger partial charge in [-0.15, -0.1) is 0 Å². The molecule has 0 radical (unpaired) electrons. The highest BCUT2D eigenvalue weighted by atomic mass is 19.4. The summed E-state index contributed by atoms with van der Waals surface area (Å²) in [5.41, 5.74) is 1.71. The van der Waals surface area contributed by atoms with Crippen LogP contribution in [0.15, 0.2) is 53.3 Å². The maximum absolute atomic E-state index is 12.7. The van der Waals surface area contributed by atoms with E-state index in [4.69, 9.17) is 9.26 Å². The first-order chi connectivity index (χ1) is 18.2. The lowest BCUT2D eigenvalue weighted by Crippen LogP contribution is -2.30. The van der Waals surface area contributed by atoms with Crippen LogP contribution < -0.4 is 4.74 Å². The number of benzene rings is 1. The molecule has 1 atom stereocenters. The van der Waals surface area contributed by atoms with Crippen LogP contribution in [0.1, 0.15) is 23.2 Å². The van der Waals surface area contributed by atoms with Gasteiger partial charge in [0.2, 0.25) is 17.6 Å². The Hall–Kier alpha value is -4.26. The zero-order chi connectivity index (χ0) is 26.9. The molecule has 0 spiro atoms. The molecule has 3 aromatic heterocycles. The normalized spacial score (nSPS) is 15.7. The summed E-state index contributed by atoms with van der Waals surface area (Å²) in [7, 11) is 1.68. The molecule has 0 aliphatic carbocycles. The molecule has 13 heteroatoms. The van der Waals surface area contributed by atoms with E-state index in [-0.39, 0.29) is 30.7 Å². The Morgan fingerprint density at radius 3 is 2.63 bits per heavy atom. The minimum atomic E-state index is -4.48. The first-order valence-corrected chi connectivity index (χ1v) is 11.7. The van der Waals surface area contributed by atoms with E-state index < -0.39 is 17.8 Å². The third-order valence-electron chi connectivity index (χ3n) is 6.22. The molecule has 0 unspecified atom stereocenters. The summed E-state index contributed by atoms with van der Waals surface area (Å²) in [5, 5.41) is 17.9. The third kappa shape index (κ3) is 5.52. The second-order valence-corrected chi connectivity index (χ2v) is 8.88. The number of nitrogens with zero attached hydrogens (tertiary/aromatic N) is 6. The van der Waals surface area contributed by atoms with Crippen molar-refractivity contribution in [2.45, 2.75) is 31.7 Å². The van der Waals surface area contributed by atoms with Crippen molar-refractivity contribution in [3.05, 3.63) is 65.6 Å². The topological polar surface area (TPSA) is 119 Å². The standard InChI is InChI=1S/C25H23F3N6O4/c1-33-20(14-37-21-7-6-17(11-29-21)25(26,27)28)19(12-30-33)24-31-23(32-38-24)16-4-2-15(3-5-16)10-22(36)34-9-8-18(35)13-34/h2-7,11-12,18,35H,8-10,13-14H2,1H3/t18-/m0/s1. The number of hydrogen-bond acceptors (Lipinski definition) is 8. The Morgan fingerprint density at radius 1 is 1.18 bits per heavy atom. The van der Waals surface area contributed by atoms with Crippen molar-refractivity contribution in [1.82, 2.24) is 29.8 Å². The fourth-order valence-electron chi connectivity index (χ4n) is 4.06. The van der Waals surface area contributed by atoms with Crippen molar-refractivity contribution in [3.8, 4) is 28.7 Å². The second-order valence-electron chi connectivity index (χ2n) is 8.88. The number of aromatic nitrogens is 5. The number of rotatable bonds is 7. The number of alkyl halides is 3. The maximum atomic E-state index is 12.7. The molecule has 5 rings (SSSR count). The Kier molecular flexibility index (Phi) is 6.85. The Morgan fingerprint density at radius 2 is 1.97 bits per heavy atom. The molecule has 1 fully saturated rings. The van der Waals surface area contributed by atoms with Gasteiger partial charge in [0.1, 0.15) is 6.61 Å². The van der Waals surface area contributed by atoms with E-state index in [0.29, 0.717) is 48.4 Å². The van der Waals surface area contributed by atoms with E-state index in [1.165, 1.54) is 10.9 Å². The van der Waals surface area contributed by atoms with Crippen molar-refractivity contribution in [1.29, 1.82) is 0 Å². The van der Waals surface area contributed by atoms with Crippen LogP contribution in [0.2, 0.25) is 0 Å². The van der Waals surface area contributed by atoms with Crippen LogP contribution in [-0.2, 0) is 31.0 Å². The molecule has 1 aliphatic rings. The summed E-state index contributed by atoms with van der Waals surface area (Å²) in [5.74, 6) is 0.518. The molecule has 0 saturated carbocycles. The number of pyridine rings is 1. The van der Waals surface area contributed by atoms with E-state index in [1.807, 2.05) is 12.1 Å². The number of halogens is 3. The van der Waals surface area contributed by atoms with Gasteiger partial charge in [-0.05, 0) is 18.1 Å². The van der Waals surface area contributed by atoms with Gasteiger partial charge in [0.25, 0.3) is 5.89 Å². The lowest BCUT2D eigenvalue weighted by Gasteiger charge is -2.15. The third-order valence-corrected chi connectivity index (χ3v) is 6.22. The number of β-amino-alcohol motifs (C(OH)–C–C–N with tert-alkyl or cyclic N) is 1. The van der Waals surface area contributed by atoms with Crippen molar-refractivity contribution >= 4 is 5.91 Å². The number of carbonyl (C=O) groups excluding carboxylic acids is 1. The van der Waals surface area contributed by atoms with Gasteiger partial charge >= 0.3 is 6.18 Å². The van der Waals surface area contributed by atoms with Crippen LogP contribution >= 0.6 is 0 Å². The number of aliphatic hydroxyl groups is 1. The van der Waals surface area contributed by atoms with Gasteiger partial charge in [-0.3, -0.25) is 9.48 Å². The van der Waals surface area contributed by atoms with Crippen molar-refractivity contribution in [2.75, 3.05) is 13.1 Å². The van der Waals surface area contributed by atoms with Crippen molar-refractivity contribution in [3.63, 3.8) is 0 Å². The van der Waals surface area contributed by atoms with E-state index in [9.17, 15) is 23.1 Å². The van der Waals surface area contributed by atoms with Crippen molar-refractivity contribution in [2.24, 2.45) is 7.05 Å². The van der Waals surface area contributed by atoms with Crippen LogP contribution in [0, 0.1) is 0 Å². The first-order valence-electron chi connectivity index (χ1n) is 11.7. The zero-order valence-corrected chi connectivity index (χ0v) is 20.2. The summed E-state index contributed by atoms with van der Waals surface area (Å²) in [6.07, 6.45) is -1.87. The zero-order valence-electron chi connectivity index (χ0n) is 20.2. The first kappa shape index (κ1) is 25.4. The SMILES string of the molecule is Cn1ncc(-c2nc(-c3ccc(CC(=O)N4CC[C@H](O)C4)cc3)no2)c1COc1ccc(C(F)(F)F)cn1. The summed E-state index contributed by atoms with van der Waals surface area (Å²) in [4.78, 5) is 22.2. The highest BCUT2D eigenvalue weighted by Gasteiger charge is 2.31. The average Bonchev–Trinajstić information content (AvgIpc) is 3.63. The second kappa shape index (κ2) is 10.2. The number of carbonyl (C=O) groups is 1. The highest BCUT2D eigenvalue weighted by Crippen LogP contribution is 2.30. The monoisotopic (exact) mass is 528 g/mol. The molecule has 198 valence electrons. The fourth-order valence-corrected chi connectivity index (χ4v) is 4.06. The highest BCUT2D eigenvalue weighted by molar-refractivity contribution is 5.79. The van der Waals surface area contributed by atoms with E-state index >= 15 is 0 Å². The molecular weight excluding hydrogens is 505 g/mol. The number of aliphatic hydroxyl groups excluding tert-OH is 1. The molecule has 1 aromatic carbocycles. The summed E-state index contributed by atoms with van der Waals surface area (Å²) >= 11 is 0. The number of likely N-dealkylation sites (tertiary alicyclic amines) is 1. The fraction of sp³-hybridized carbons (Fsp3) is 0.320. The van der Waals surface area contributed by atoms with E-state index in [2.05, 4.69) is 20.2 Å². The van der Waals surface area contributed by atoms with Crippen LogP contribution in [0.4, 0.5) is 13.2 Å². The summed E-state index contributed by atoms with van der Waals surface area (Å²) in [6.45, 7) is 0.884. The lowest BCUT2D eigenvalue weighted by atomic mass is 10.1. The minimum absolute atomic E-state index is 0.0239. The molecule has 4 aromatic rings. The van der Waals surface area contributed by atoms with Gasteiger partial charge in [0.15, 0.2) is 0 Å². The van der Waals surface area contributed by atoms with Gasteiger partial charge in [-0.25, -0.2) is 4.98 Å². The quantitative estimate of drug-likeness (QED) is 0.388. The smallest absolute Gasteiger partial charge is 0.417 e. The molecule has 1 N–H and O–H groups in total. The average molecular weight is 528 g/mol. The summed E-state index contributed by atoms with van der Waals surface area (Å²) in [6, 6.07) is 9.26. The van der Waals surface area contributed by atoms with Gasteiger partial charge in [-0.1, -0.05) is 29.4 Å². The predicted molar refractivity (Wildman–Crippen MR) is 126 cm³/mol. The molecule has 38 heavy (non-hydrogen) atoms. The van der Waals surface area contributed by atoms with Crippen LogP contribution in [0.3, 0.4) is 0 Å². The number of amides is 1. The summed E-state index contributed by atoms with van der Waals surface area (Å²) < 4.78 is 50.8. The van der Waals surface area contributed by atoms with Crippen LogP contribution in [0.25, 0.3) is 22.8 Å². The Labute approximate surface area is 214 Å². The van der Waals surface area contributed by atoms with Crippen LogP contribution in [-0.4, -0.2) is 60.0 Å². The van der Waals surface area contributed by atoms with Crippen LogP contribution in [0.5, 0.6) is 5.88 Å². The number of hydrogen-bond donors (Lipinski definition) is 1. The van der Waals surface area contributed by atoms with Gasteiger partial charge in [-0.2, -0.15) is 23.3 Å². The largest absolute Gasteiger partial charge is 0.471 e. The molecule has 10 nitrogen and oxygen atoms in total. The minimum Gasteiger partial charge on any atom is -0.471 e.